The number of nitrogen functional groups attached to an aromatic ring is 1. The van der Waals surface area contributed by atoms with Crippen LogP contribution in [0.1, 0.15) is 36.8 Å². The molecule has 0 atom stereocenters. The van der Waals surface area contributed by atoms with Gasteiger partial charge in [-0.15, -0.1) is 0 Å². The van der Waals surface area contributed by atoms with Crippen LogP contribution in [0, 0.1) is 0 Å². The van der Waals surface area contributed by atoms with Gasteiger partial charge in [0.25, 0.3) is 0 Å². The number of hydrogen-bond donors (Lipinski definition) is 2. The Morgan fingerprint density at radius 2 is 1.90 bits per heavy atom. The van der Waals surface area contributed by atoms with Gasteiger partial charge in [-0.2, -0.15) is 13.2 Å². The highest BCUT2D eigenvalue weighted by molar-refractivity contribution is 5.79. The third-order valence-electron chi connectivity index (χ3n) is 4.86. The number of aliphatic carboxylic acids is 1. The third-order valence-corrected chi connectivity index (χ3v) is 4.86. The van der Waals surface area contributed by atoms with Crippen LogP contribution in [0.5, 0.6) is 0 Å². The predicted molar refractivity (Wildman–Crippen MR) is 107 cm³/mol. The van der Waals surface area contributed by atoms with Crippen LogP contribution < -0.4 is 5.73 Å². The first-order valence-corrected chi connectivity index (χ1v) is 9.56. The minimum absolute atomic E-state index is 0.827. The number of ether oxygens (including phenoxy) is 1. The summed E-state index contributed by atoms with van der Waals surface area (Å²) in [5, 5.41) is 7.12. The zero-order valence-corrected chi connectivity index (χ0v) is 16.3. The highest BCUT2D eigenvalue weighted by Crippen LogP contribution is 2.32. The summed E-state index contributed by atoms with van der Waals surface area (Å²) in [7, 11) is 0. The van der Waals surface area contributed by atoms with Gasteiger partial charge >= 0.3 is 12.1 Å². The van der Waals surface area contributed by atoms with E-state index in [2.05, 4.69) is 29.7 Å². The summed E-state index contributed by atoms with van der Waals surface area (Å²) in [5.41, 5.74) is 12.1. The molecule has 1 fully saturated rings. The predicted octanol–water partition coefficient (Wildman–Crippen LogP) is 4.20. The zero-order chi connectivity index (χ0) is 21.4. The molecular weight excluding hydrogens is 385 g/mol. The van der Waals surface area contributed by atoms with Gasteiger partial charge in [0.05, 0.1) is 13.2 Å². The molecule has 1 heterocycles. The van der Waals surface area contributed by atoms with E-state index in [1.165, 1.54) is 41.5 Å². The van der Waals surface area contributed by atoms with Crippen LogP contribution in [0.25, 0.3) is 11.1 Å². The van der Waals surface area contributed by atoms with Gasteiger partial charge in [-0.3, -0.25) is 4.90 Å². The second-order valence-electron chi connectivity index (χ2n) is 7.07. The molecule has 1 aromatic rings. The molecule has 0 unspecified atom stereocenters. The molecular formula is C21H27F3N2O3. The summed E-state index contributed by atoms with van der Waals surface area (Å²) in [6.45, 7) is 8.84. The number of carbonyl (C=O) groups is 1. The number of hydrogen-bond acceptors (Lipinski definition) is 4. The van der Waals surface area contributed by atoms with Crippen molar-refractivity contribution in [3.05, 3.63) is 42.0 Å². The quantitative estimate of drug-likeness (QED) is 0.725. The lowest BCUT2D eigenvalue weighted by atomic mass is 9.90. The fraction of sp³-hybridized carbons (Fsp3) is 0.476. The van der Waals surface area contributed by atoms with E-state index in [0.717, 1.165) is 45.0 Å². The zero-order valence-electron chi connectivity index (χ0n) is 16.3. The molecule has 0 bridgehead atoms. The fourth-order valence-corrected chi connectivity index (χ4v) is 3.26. The van der Waals surface area contributed by atoms with E-state index in [4.69, 9.17) is 20.4 Å². The van der Waals surface area contributed by atoms with Crippen LogP contribution in [0.4, 0.5) is 18.9 Å². The first-order chi connectivity index (χ1) is 13.7. The van der Waals surface area contributed by atoms with E-state index in [9.17, 15) is 13.2 Å². The SMILES string of the molecule is C=C(CN1CCOCC1)c1ccc(N)c(C2=CCCCC2)c1.O=C(O)C(F)(F)F. The van der Waals surface area contributed by atoms with E-state index < -0.39 is 12.1 Å². The Morgan fingerprint density at radius 1 is 1.24 bits per heavy atom. The van der Waals surface area contributed by atoms with Crippen LogP contribution in [0.2, 0.25) is 0 Å². The Morgan fingerprint density at radius 3 is 2.45 bits per heavy atom. The number of carboxylic acids is 1. The Labute approximate surface area is 168 Å². The maximum absolute atomic E-state index is 10.6. The van der Waals surface area contributed by atoms with Gasteiger partial charge in [0.2, 0.25) is 0 Å². The van der Waals surface area contributed by atoms with E-state index in [1.807, 2.05) is 6.07 Å². The first-order valence-electron chi connectivity index (χ1n) is 9.56. The summed E-state index contributed by atoms with van der Waals surface area (Å²) in [4.78, 5) is 11.3. The molecule has 5 nitrogen and oxygen atoms in total. The molecule has 8 heteroatoms. The summed E-state index contributed by atoms with van der Waals surface area (Å²) in [5.74, 6) is -2.76. The van der Waals surface area contributed by atoms with Crippen molar-refractivity contribution in [1.82, 2.24) is 4.90 Å². The summed E-state index contributed by atoms with van der Waals surface area (Å²) < 4.78 is 37.1. The lowest BCUT2D eigenvalue weighted by Gasteiger charge is -2.27. The second kappa shape index (κ2) is 10.5. The molecule has 3 rings (SSSR count). The number of carboxylic acid groups (broad SMARTS) is 1. The van der Waals surface area contributed by atoms with Crippen molar-refractivity contribution >= 4 is 22.8 Å². The van der Waals surface area contributed by atoms with Crippen molar-refractivity contribution in [2.45, 2.75) is 31.9 Å². The Balaban J connectivity index is 0.000000370. The number of halogens is 3. The smallest absolute Gasteiger partial charge is 0.475 e. The third kappa shape index (κ3) is 7.21. The van der Waals surface area contributed by atoms with Crippen molar-refractivity contribution in [3.8, 4) is 0 Å². The maximum atomic E-state index is 10.6. The van der Waals surface area contributed by atoms with Gasteiger partial charge in [0.1, 0.15) is 0 Å². The standard InChI is InChI=1S/C19H26N2O.C2HF3O2/c1-15(14-21-9-11-22-12-10-21)17-7-8-19(20)18(13-17)16-5-3-2-4-6-16;3-2(4,5)1(6)7/h5,7-8,13H,1-4,6,9-12,14,20H2;(H,6,7). The van der Waals surface area contributed by atoms with Crippen LogP contribution in [-0.4, -0.2) is 55.0 Å². The molecule has 1 aromatic carbocycles. The lowest BCUT2D eigenvalue weighted by molar-refractivity contribution is -0.192. The molecule has 0 amide bonds. The van der Waals surface area contributed by atoms with Crippen LogP contribution in [0.3, 0.4) is 0 Å². The average molecular weight is 412 g/mol. The monoisotopic (exact) mass is 412 g/mol. The summed E-state index contributed by atoms with van der Waals surface area (Å²) in [6.07, 6.45) is 2.15. The minimum Gasteiger partial charge on any atom is -0.475 e. The molecule has 1 saturated heterocycles. The van der Waals surface area contributed by atoms with E-state index in [-0.39, 0.29) is 0 Å². The number of nitrogens with two attached hydrogens (primary N) is 1. The van der Waals surface area contributed by atoms with Crippen molar-refractivity contribution in [1.29, 1.82) is 0 Å². The number of anilines is 1. The first kappa shape index (κ1) is 23.0. The Hall–Kier alpha value is -2.32. The number of rotatable bonds is 4. The molecule has 1 aliphatic heterocycles. The van der Waals surface area contributed by atoms with E-state index in [0.29, 0.717) is 0 Å². The molecule has 3 N–H and O–H groups in total. The highest BCUT2D eigenvalue weighted by atomic mass is 19.4. The van der Waals surface area contributed by atoms with Crippen molar-refractivity contribution in [2.75, 3.05) is 38.6 Å². The van der Waals surface area contributed by atoms with E-state index in [1.54, 1.807) is 0 Å². The average Bonchev–Trinajstić information content (AvgIpc) is 2.69. The second-order valence-corrected chi connectivity index (χ2v) is 7.07. The molecule has 1 aliphatic carbocycles. The number of morpholine rings is 1. The highest BCUT2D eigenvalue weighted by Gasteiger charge is 2.38. The van der Waals surface area contributed by atoms with Gasteiger partial charge in [-0.25, -0.2) is 4.79 Å². The van der Waals surface area contributed by atoms with Crippen LogP contribution in [-0.2, 0) is 9.53 Å². The molecule has 29 heavy (non-hydrogen) atoms. The summed E-state index contributed by atoms with van der Waals surface area (Å²) in [6, 6.07) is 6.37. The topological polar surface area (TPSA) is 75.8 Å². The normalized spacial score (nSPS) is 17.7. The van der Waals surface area contributed by atoms with Gasteiger partial charge in [-0.05, 0) is 54.5 Å². The van der Waals surface area contributed by atoms with Gasteiger partial charge in [-0.1, -0.05) is 18.7 Å². The van der Waals surface area contributed by atoms with Crippen molar-refractivity contribution < 1.29 is 27.8 Å². The Bertz CT molecular complexity index is 754. The fourth-order valence-electron chi connectivity index (χ4n) is 3.26. The van der Waals surface area contributed by atoms with Gasteiger partial charge in [0.15, 0.2) is 0 Å². The van der Waals surface area contributed by atoms with Crippen LogP contribution in [0.15, 0.2) is 30.9 Å². The largest absolute Gasteiger partial charge is 0.490 e. The molecule has 0 spiro atoms. The van der Waals surface area contributed by atoms with E-state index >= 15 is 0 Å². The molecule has 0 aromatic heterocycles. The minimum atomic E-state index is -5.08. The van der Waals surface area contributed by atoms with Crippen molar-refractivity contribution in [2.24, 2.45) is 0 Å². The Kier molecular flexibility index (Phi) is 8.28. The number of allylic oxidation sites excluding steroid dienone is 2. The molecule has 0 radical (unpaired) electrons. The maximum Gasteiger partial charge on any atom is 0.490 e. The lowest BCUT2D eigenvalue weighted by Crippen LogP contribution is -2.37. The van der Waals surface area contributed by atoms with Gasteiger partial charge < -0.3 is 15.6 Å². The molecule has 160 valence electrons. The number of nitrogens with zero attached hydrogens (tertiary/aromatic N) is 1. The van der Waals surface area contributed by atoms with Gasteiger partial charge in [0, 0.05) is 30.9 Å². The molecule has 2 aliphatic rings. The van der Waals surface area contributed by atoms with Crippen LogP contribution >= 0.6 is 0 Å². The number of benzene rings is 1. The molecule has 0 saturated carbocycles. The van der Waals surface area contributed by atoms with Crippen molar-refractivity contribution in [3.63, 3.8) is 0 Å². The summed E-state index contributed by atoms with van der Waals surface area (Å²) >= 11 is 0. The number of alkyl halides is 3.